The lowest BCUT2D eigenvalue weighted by atomic mass is 10.2. The van der Waals surface area contributed by atoms with Gasteiger partial charge >= 0.3 is 0 Å². The summed E-state index contributed by atoms with van der Waals surface area (Å²) in [6.07, 6.45) is 0. The van der Waals surface area contributed by atoms with Gasteiger partial charge in [-0.15, -0.1) is 10.2 Å². The summed E-state index contributed by atoms with van der Waals surface area (Å²) in [5, 5.41) is 15.0. The van der Waals surface area contributed by atoms with Crippen LogP contribution in [0.1, 0.15) is 0 Å². The van der Waals surface area contributed by atoms with Crippen LogP contribution in [0.2, 0.25) is 10.0 Å². The van der Waals surface area contributed by atoms with E-state index < -0.39 is 0 Å². The normalized spacial score (nSPS) is 11.1. The molecule has 4 rings (SSSR count). The van der Waals surface area contributed by atoms with E-state index in [9.17, 15) is 0 Å². The molecule has 120 valence electrons. The highest BCUT2D eigenvalue weighted by Crippen LogP contribution is 2.34. The Morgan fingerprint density at radius 1 is 1.04 bits per heavy atom. The van der Waals surface area contributed by atoms with Crippen molar-refractivity contribution in [1.82, 2.24) is 19.8 Å². The molecule has 2 aromatic carbocycles. The zero-order valence-corrected chi connectivity index (χ0v) is 14.7. The summed E-state index contributed by atoms with van der Waals surface area (Å²) in [6, 6.07) is 12.9. The van der Waals surface area contributed by atoms with E-state index in [0.29, 0.717) is 20.8 Å². The molecule has 0 saturated carbocycles. The fraction of sp³-hybridized carbons (Fsp3) is 0.0625. The van der Waals surface area contributed by atoms with Crippen molar-refractivity contribution in [3.05, 3.63) is 52.5 Å². The predicted octanol–water partition coefficient (Wildman–Crippen LogP) is 4.84. The van der Waals surface area contributed by atoms with E-state index in [1.54, 1.807) is 29.8 Å². The average Bonchev–Trinajstić information content (AvgIpc) is 3.17. The fourth-order valence-corrected chi connectivity index (χ4v) is 3.61. The van der Waals surface area contributed by atoms with Crippen LogP contribution in [0.25, 0.3) is 26.9 Å². The van der Waals surface area contributed by atoms with Gasteiger partial charge in [0, 0.05) is 16.1 Å². The second kappa shape index (κ2) is 6.05. The van der Waals surface area contributed by atoms with Gasteiger partial charge in [-0.1, -0.05) is 34.5 Å². The average molecular weight is 377 g/mol. The van der Waals surface area contributed by atoms with Crippen molar-refractivity contribution in [3.8, 4) is 27.7 Å². The molecule has 4 aromatic rings. The number of hydrogen-bond donors (Lipinski definition) is 0. The second-order valence-corrected chi connectivity index (χ2v) is 6.78. The number of methoxy groups -OCH3 is 1. The minimum absolute atomic E-state index is 0.593. The first-order chi connectivity index (χ1) is 11.7. The number of aromatic nitrogens is 4. The quantitative estimate of drug-likeness (QED) is 0.513. The van der Waals surface area contributed by atoms with Crippen LogP contribution in [-0.2, 0) is 0 Å². The number of hydrogen-bond acceptors (Lipinski definition) is 5. The Kier molecular flexibility index (Phi) is 3.88. The van der Waals surface area contributed by atoms with Crippen LogP contribution < -0.4 is 4.74 Å². The number of halogens is 2. The molecule has 8 heteroatoms. The molecule has 0 unspecified atom stereocenters. The topological polar surface area (TPSA) is 52.3 Å². The van der Waals surface area contributed by atoms with E-state index in [0.717, 1.165) is 21.9 Å². The molecule has 2 aromatic heterocycles. The maximum absolute atomic E-state index is 6.26. The molecular formula is C16H10Cl2N4OS. The number of rotatable bonds is 3. The first-order valence-corrected chi connectivity index (χ1v) is 8.55. The molecule has 0 atom stereocenters. The molecule has 0 bridgehead atoms. The van der Waals surface area contributed by atoms with E-state index in [-0.39, 0.29) is 0 Å². The van der Waals surface area contributed by atoms with Gasteiger partial charge in [-0.3, -0.25) is 0 Å². The Hall–Kier alpha value is -2.15. The maximum Gasteiger partial charge on any atom is 0.235 e. The summed E-state index contributed by atoms with van der Waals surface area (Å²) in [5.41, 5.74) is 1.68. The molecule has 0 spiro atoms. The van der Waals surface area contributed by atoms with Crippen molar-refractivity contribution in [3.63, 3.8) is 0 Å². The Balaban J connectivity index is 1.82. The molecular weight excluding hydrogens is 367 g/mol. The van der Waals surface area contributed by atoms with Gasteiger partial charge in [0.15, 0.2) is 5.82 Å². The van der Waals surface area contributed by atoms with Gasteiger partial charge in [-0.25, -0.2) is 0 Å². The van der Waals surface area contributed by atoms with Crippen LogP contribution in [0.5, 0.6) is 5.75 Å². The van der Waals surface area contributed by atoms with Gasteiger partial charge in [0.25, 0.3) is 0 Å². The van der Waals surface area contributed by atoms with Crippen LogP contribution in [-0.4, -0.2) is 26.9 Å². The fourth-order valence-electron chi connectivity index (χ4n) is 2.31. The van der Waals surface area contributed by atoms with Crippen LogP contribution in [0.3, 0.4) is 0 Å². The SMILES string of the molecule is COc1ccc(-c2nnc3sc(-c4cc(Cl)ccc4Cl)nn23)cc1. The van der Waals surface area contributed by atoms with Gasteiger partial charge in [0.2, 0.25) is 4.96 Å². The van der Waals surface area contributed by atoms with Crippen molar-refractivity contribution in [2.75, 3.05) is 7.11 Å². The molecule has 0 fully saturated rings. The zero-order chi connectivity index (χ0) is 16.7. The molecule has 0 aliphatic heterocycles. The van der Waals surface area contributed by atoms with Crippen molar-refractivity contribution in [2.45, 2.75) is 0 Å². The maximum atomic E-state index is 6.26. The highest BCUT2D eigenvalue weighted by Gasteiger charge is 2.16. The number of nitrogens with zero attached hydrogens (tertiary/aromatic N) is 4. The highest BCUT2D eigenvalue weighted by molar-refractivity contribution is 7.19. The largest absolute Gasteiger partial charge is 0.497 e. The van der Waals surface area contributed by atoms with Crippen molar-refractivity contribution in [1.29, 1.82) is 0 Å². The minimum Gasteiger partial charge on any atom is -0.497 e. The molecule has 24 heavy (non-hydrogen) atoms. The third kappa shape index (κ3) is 2.62. The van der Waals surface area contributed by atoms with E-state index in [1.807, 2.05) is 24.3 Å². The summed E-state index contributed by atoms with van der Waals surface area (Å²) in [4.78, 5) is 0.687. The summed E-state index contributed by atoms with van der Waals surface area (Å²) in [7, 11) is 1.63. The van der Waals surface area contributed by atoms with E-state index in [4.69, 9.17) is 27.9 Å². The minimum atomic E-state index is 0.593. The van der Waals surface area contributed by atoms with Crippen molar-refractivity contribution >= 4 is 39.5 Å². The van der Waals surface area contributed by atoms with Crippen molar-refractivity contribution in [2.24, 2.45) is 0 Å². The van der Waals surface area contributed by atoms with Gasteiger partial charge in [-0.2, -0.15) is 9.61 Å². The summed E-state index contributed by atoms with van der Waals surface area (Å²) in [6.45, 7) is 0. The summed E-state index contributed by atoms with van der Waals surface area (Å²) < 4.78 is 6.88. The Labute approximate surface area is 151 Å². The summed E-state index contributed by atoms with van der Waals surface area (Å²) in [5.74, 6) is 1.44. The first-order valence-electron chi connectivity index (χ1n) is 6.98. The third-order valence-electron chi connectivity index (χ3n) is 3.50. The molecule has 0 saturated heterocycles. The molecule has 0 aliphatic rings. The second-order valence-electron chi connectivity index (χ2n) is 4.98. The smallest absolute Gasteiger partial charge is 0.235 e. The van der Waals surface area contributed by atoms with E-state index in [1.165, 1.54) is 11.3 Å². The van der Waals surface area contributed by atoms with E-state index in [2.05, 4.69) is 15.3 Å². The first kappa shape index (κ1) is 15.4. The molecule has 0 N–H and O–H groups in total. The molecule has 0 radical (unpaired) electrons. The van der Waals surface area contributed by atoms with Gasteiger partial charge < -0.3 is 4.74 Å². The Morgan fingerprint density at radius 2 is 1.83 bits per heavy atom. The number of ether oxygens (including phenoxy) is 1. The molecule has 0 amide bonds. The van der Waals surface area contributed by atoms with Crippen LogP contribution in [0.15, 0.2) is 42.5 Å². The monoisotopic (exact) mass is 376 g/mol. The van der Waals surface area contributed by atoms with Gasteiger partial charge in [0.1, 0.15) is 10.8 Å². The molecule has 0 aliphatic carbocycles. The van der Waals surface area contributed by atoms with Gasteiger partial charge in [-0.05, 0) is 42.5 Å². The molecule has 5 nitrogen and oxygen atoms in total. The number of benzene rings is 2. The van der Waals surface area contributed by atoms with Crippen LogP contribution >= 0.6 is 34.5 Å². The Bertz CT molecular complexity index is 1030. The van der Waals surface area contributed by atoms with Crippen LogP contribution in [0.4, 0.5) is 0 Å². The predicted molar refractivity (Wildman–Crippen MR) is 96.1 cm³/mol. The van der Waals surface area contributed by atoms with E-state index >= 15 is 0 Å². The lowest BCUT2D eigenvalue weighted by Crippen LogP contribution is -1.91. The standard InChI is InChI=1S/C16H10Cl2N4OS/c1-23-11-5-2-9(3-6-11)14-19-20-16-22(14)21-15(24-16)12-8-10(17)4-7-13(12)18/h2-8H,1H3. The lowest BCUT2D eigenvalue weighted by Gasteiger charge is -2.01. The molecule has 2 heterocycles. The number of fused-ring (bicyclic) bond motifs is 1. The summed E-state index contributed by atoms with van der Waals surface area (Å²) >= 11 is 13.7. The zero-order valence-electron chi connectivity index (χ0n) is 12.4. The van der Waals surface area contributed by atoms with Crippen molar-refractivity contribution < 1.29 is 4.74 Å². The van der Waals surface area contributed by atoms with Gasteiger partial charge in [0.05, 0.1) is 12.1 Å². The third-order valence-corrected chi connectivity index (χ3v) is 4.99. The Morgan fingerprint density at radius 3 is 2.58 bits per heavy atom. The highest BCUT2D eigenvalue weighted by atomic mass is 35.5. The lowest BCUT2D eigenvalue weighted by molar-refractivity contribution is 0.415. The van der Waals surface area contributed by atoms with Crippen LogP contribution in [0, 0.1) is 0 Å².